The van der Waals surface area contributed by atoms with Gasteiger partial charge in [0.15, 0.2) is 5.78 Å². The Morgan fingerprint density at radius 1 is 1.31 bits per heavy atom. The zero-order valence-electron chi connectivity index (χ0n) is 19.3. The van der Waals surface area contributed by atoms with Crippen molar-refractivity contribution in [2.45, 2.75) is 72.2 Å². The van der Waals surface area contributed by atoms with E-state index in [1.807, 2.05) is 59.3 Å². The number of rotatable bonds is 10. The summed E-state index contributed by atoms with van der Waals surface area (Å²) >= 11 is 0. The van der Waals surface area contributed by atoms with Crippen molar-refractivity contribution in [2.75, 3.05) is 19.9 Å². The van der Waals surface area contributed by atoms with Crippen LogP contribution in [0.3, 0.4) is 0 Å². The predicted octanol–water partition coefficient (Wildman–Crippen LogP) is 5.30. The molecule has 4 nitrogen and oxygen atoms in total. The molecule has 0 aromatic carbocycles. The van der Waals surface area contributed by atoms with Gasteiger partial charge in [-0.3, -0.25) is 4.79 Å². The van der Waals surface area contributed by atoms with Gasteiger partial charge in [0.05, 0.1) is 18.8 Å². The Morgan fingerprint density at radius 2 is 1.93 bits per heavy atom. The van der Waals surface area contributed by atoms with Gasteiger partial charge in [-0.25, -0.2) is 0 Å². The molecule has 5 atom stereocenters. The van der Waals surface area contributed by atoms with Crippen LogP contribution < -0.4 is 0 Å². The fraction of sp³-hybridized carbons (Fsp3) is 0.762. The van der Waals surface area contributed by atoms with Crippen LogP contribution in [-0.2, 0) is 18.6 Å². The quantitative estimate of drug-likeness (QED) is 0.202. The standard InChI is InChI=1S/C21H36B2O4P2/c1-9-16-13-17(14-18(15(2)3)27-29(8)23)26-21(6,19(16)24)20(4,5)11-10-12-25-28(7)22/h9-11,15,17-18H,12-14H2,1-8H3/b11-10+,16-9+/t17?,18-,21-,28?,29?/m1/s1. The molecule has 29 heavy (non-hydrogen) atoms. The fourth-order valence-electron chi connectivity index (χ4n) is 3.47. The average Bonchev–Trinajstić information content (AvgIpc) is 2.60. The Bertz CT molecular complexity index is 605. The third-order valence-corrected chi connectivity index (χ3v) is 6.76. The van der Waals surface area contributed by atoms with Crippen LogP contribution in [0, 0.1) is 11.3 Å². The Labute approximate surface area is 183 Å². The molecule has 1 saturated heterocycles. The van der Waals surface area contributed by atoms with E-state index in [2.05, 4.69) is 13.8 Å². The Balaban J connectivity index is 3.09. The first-order chi connectivity index (χ1) is 13.3. The van der Waals surface area contributed by atoms with Crippen molar-refractivity contribution < 1.29 is 18.6 Å². The molecule has 0 aromatic heterocycles. The highest BCUT2D eigenvalue weighted by Crippen LogP contribution is 2.45. The van der Waals surface area contributed by atoms with E-state index in [4.69, 9.17) is 28.9 Å². The lowest BCUT2D eigenvalue weighted by atomic mass is 9.69. The molecule has 0 amide bonds. The number of allylic oxidation sites excluding steroid dienone is 1. The Hall–Kier alpha value is 0.0199. The normalized spacial score (nSPS) is 28.2. The molecule has 0 N–H and O–H groups in total. The van der Waals surface area contributed by atoms with E-state index in [9.17, 15) is 4.79 Å². The maximum absolute atomic E-state index is 13.3. The van der Waals surface area contributed by atoms with Crippen molar-refractivity contribution in [1.29, 1.82) is 0 Å². The van der Waals surface area contributed by atoms with Gasteiger partial charge in [0.1, 0.15) is 20.7 Å². The molecule has 1 fully saturated rings. The van der Waals surface area contributed by atoms with Crippen molar-refractivity contribution in [3.05, 3.63) is 23.8 Å². The third kappa shape index (κ3) is 7.58. The first-order valence-corrected chi connectivity index (χ1v) is 13.7. The minimum atomic E-state index is -0.977. The van der Waals surface area contributed by atoms with Gasteiger partial charge in [0, 0.05) is 18.3 Å². The topological polar surface area (TPSA) is 44.8 Å². The number of ether oxygens (including phenoxy) is 1. The second kappa shape index (κ2) is 11.6. The van der Waals surface area contributed by atoms with E-state index in [1.165, 1.54) is 0 Å². The molecule has 0 spiro atoms. The van der Waals surface area contributed by atoms with Crippen LogP contribution in [-0.4, -0.2) is 58.7 Å². The molecule has 1 aliphatic rings. The summed E-state index contributed by atoms with van der Waals surface area (Å²) in [6, 6.07) is 0. The molecule has 1 heterocycles. The van der Waals surface area contributed by atoms with Crippen molar-refractivity contribution in [3.8, 4) is 0 Å². The van der Waals surface area contributed by atoms with Gasteiger partial charge >= 0.3 is 0 Å². The third-order valence-electron chi connectivity index (χ3n) is 5.60. The molecule has 160 valence electrons. The van der Waals surface area contributed by atoms with Crippen molar-refractivity contribution in [1.82, 2.24) is 0 Å². The van der Waals surface area contributed by atoms with Crippen LogP contribution in [0.15, 0.2) is 23.8 Å². The first kappa shape index (κ1) is 27.1. The molecule has 1 rings (SSSR count). The van der Waals surface area contributed by atoms with E-state index in [0.29, 0.717) is 25.4 Å². The van der Waals surface area contributed by atoms with E-state index >= 15 is 0 Å². The summed E-state index contributed by atoms with van der Waals surface area (Å²) in [5.41, 5.74) is -0.686. The van der Waals surface area contributed by atoms with Crippen LogP contribution in [0.2, 0.25) is 0 Å². The zero-order valence-corrected chi connectivity index (χ0v) is 21.1. The lowest BCUT2D eigenvalue weighted by Gasteiger charge is -2.47. The van der Waals surface area contributed by atoms with Crippen LogP contribution in [0.4, 0.5) is 0 Å². The Morgan fingerprint density at radius 3 is 2.41 bits per heavy atom. The van der Waals surface area contributed by atoms with Crippen LogP contribution >= 0.6 is 16.1 Å². The lowest BCUT2D eigenvalue weighted by Crippen LogP contribution is -2.56. The zero-order chi connectivity index (χ0) is 22.4. The molecule has 0 bridgehead atoms. The van der Waals surface area contributed by atoms with E-state index < -0.39 is 27.1 Å². The fourth-order valence-corrected chi connectivity index (χ4v) is 4.55. The highest BCUT2D eigenvalue weighted by Gasteiger charge is 2.52. The average molecular weight is 436 g/mol. The van der Waals surface area contributed by atoms with Gasteiger partial charge in [-0.15, -0.1) is 0 Å². The van der Waals surface area contributed by atoms with E-state index in [-0.39, 0.29) is 18.0 Å². The summed E-state index contributed by atoms with van der Waals surface area (Å²) < 4.78 is 17.9. The lowest BCUT2D eigenvalue weighted by molar-refractivity contribution is -0.175. The van der Waals surface area contributed by atoms with Gasteiger partial charge < -0.3 is 13.8 Å². The summed E-state index contributed by atoms with van der Waals surface area (Å²) in [5.74, 6) is 0.359. The minimum Gasteiger partial charge on any atom is -0.367 e. The summed E-state index contributed by atoms with van der Waals surface area (Å²) in [4.78, 5) is 13.3. The minimum absolute atomic E-state index is 0.00270. The summed E-state index contributed by atoms with van der Waals surface area (Å²) in [7, 11) is 9.77. The maximum Gasteiger partial charge on any atom is 0.190 e. The van der Waals surface area contributed by atoms with Gasteiger partial charge in [-0.1, -0.05) is 45.9 Å². The number of carbonyl (C=O) groups is 1. The van der Waals surface area contributed by atoms with Crippen molar-refractivity contribution >= 4 is 37.0 Å². The summed E-state index contributed by atoms with van der Waals surface area (Å²) in [5, 5.41) is 0. The van der Waals surface area contributed by atoms with Crippen molar-refractivity contribution in [2.24, 2.45) is 11.3 Å². The number of hydrogen-bond acceptors (Lipinski definition) is 4. The molecule has 4 radical (unpaired) electrons. The summed E-state index contributed by atoms with van der Waals surface area (Å²) in [6.45, 7) is 16.3. The summed E-state index contributed by atoms with van der Waals surface area (Å²) in [6.07, 6.45) is 7.03. The maximum atomic E-state index is 13.3. The second-order valence-corrected chi connectivity index (χ2v) is 11.4. The monoisotopic (exact) mass is 436 g/mol. The molecule has 8 heteroatoms. The smallest absolute Gasteiger partial charge is 0.190 e. The molecule has 0 aliphatic carbocycles. The second-order valence-electron chi connectivity index (χ2n) is 8.76. The van der Waals surface area contributed by atoms with Gasteiger partial charge in [-0.2, -0.15) is 0 Å². The first-order valence-electron chi connectivity index (χ1n) is 10.2. The number of Topliss-reactive ketones (excluding diaryl/α,β-unsaturated/α-hetero) is 1. The number of ketones is 1. The van der Waals surface area contributed by atoms with Crippen LogP contribution in [0.5, 0.6) is 0 Å². The molecular formula is C21H36B2O4P2. The number of hydrogen-bond donors (Lipinski definition) is 0. The molecular weight excluding hydrogens is 400 g/mol. The SMILES string of the molecule is [B]P(C)OC/C=C/C(C)(C)[C@]1(C)OC(C[C@@H](OP([B])C)C(C)C)C/C(=C\C)C1=O. The van der Waals surface area contributed by atoms with Gasteiger partial charge in [0.2, 0.25) is 0 Å². The molecule has 1 aliphatic heterocycles. The Kier molecular flexibility index (Phi) is 10.8. The van der Waals surface area contributed by atoms with Crippen molar-refractivity contribution in [3.63, 3.8) is 0 Å². The molecule has 0 saturated carbocycles. The highest BCUT2D eigenvalue weighted by molar-refractivity contribution is 7.77. The largest absolute Gasteiger partial charge is 0.367 e. The van der Waals surface area contributed by atoms with E-state index in [1.54, 1.807) is 0 Å². The number of carbonyl (C=O) groups excluding carboxylic acids is 1. The molecule has 0 aromatic rings. The predicted molar refractivity (Wildman–Crippen MR) is 127 cm³/mol. The van der Waals surface area contributed by atoms with Gasteiger partial charge in [0.25, 0.3) is 0 Å². The van der Waals surface area contributed by atoms with Crippen LogP contribution in [0.1, 0.15) is 54.4 Å². The van der Waals surface area contributed by atoms with Gasteiger partial charge in [-0.05, 0) is 54.7 Å². The molecule has 3 unspecified atom stereocenters. The van der Waals surface area contributed by atoms with Crippen LogP contribution in [0.25, 0.3) is 0 Å². The highest BCUT2D eigenvalue weighted by atomic mass is 31.1. The van der Waals surface area contributed by atoms with E-state index in [0.717, 1.165) is 5.57 Å².